The lowest BCUT2D eigenvalue weighted by Gasteiger charge is -2.26. The standard InChI is InChI=1S/C27H39N3O3.C27H41N3O2.CH4/c1-7-28-25(33)30-18-19-10-8-11-20(16-19)22-13-12-21(17-23(22)31)27(5,6)14-9-15-29-24(32)26(2,3)4;1-7-29-25(32)30-18-20-10-8-11-21(16-20)23-13-12-22(17-24(23)31)27(5,6)14-9-15-28-19-26(2,3)4;/h8,10-13,16-17,31H,7,9,14-15,18H2,1-6H3,(H,29,32)(H2,28,30,33);8,10-13,16-17,28,31H,7,9,14-15,18-19H2,1-6H3,(H2,29,30,32);1H4. The average Bonchev–Trinajstić information content (AvgIpc) is 3.23. The van der Waals surface area contributed by atoms with Crippen LogP contribution in [0.25, 0.3) is 22.3 Å². The van der Waals surface area contributed by atoms with Gasteiger partial charge in [-0.25, -0.2) is 9.59 Å². The lowest BCUT2D eigenvalue weighted by atomic mass is 9.79. The number of carbonyl (C=O) groups excluding carboxylic acids is 3. The van der Waals surface area contributed by atoms with Gasteiger partial charge in [-0.1, -0.05) is 137 Å². The van der Waals surface area contributed by atoms with E-state index in [0.717, 1.165) is 83.3 Å². The van der Waals surface area contributed by atoms with Gasteiger partial charge >= 0.3 is 12.1 Å². The Morgan fingerprint density at radius 1 is 0.530 bits per heavy atom. The molecule has 0 aromatic heterocycles. The van der Waals surface area contributed by atoms with Gasteiger partial charge in [-0.2, -0.15) is 0 Å². The molecule has 0 aliphatic carbocycles. The van der Waals surface area contributed by atoms with Crippen molar-refractivity contribution < 1.29 is 24.6 Å². The van der Waals surface area contributed by atoms with Crippen molar-refractivity contribution in [3.63, 3.8) is 0 Å². The molecule has 0 unspecified atom stereocenters. The van der Waals surface area contributed by atoms with Crippen LogP contribution in [0.2, 0.25) is 0 Å². The van der Waals surface area contributed by atoms with Gasteiger partial charge in [0.25, 0.3) is 0 Å². The molecule has 11 nitrogen and oxygen atoms in total. The van der Waals surface area contributed by atoms with Crippen LogP contribution in [0.4, 0.5) is 9.59 Å². The number of phenolic OH excluding ortho intramolecular Hbond substituents is 2. The molecule has 4 aromatic rings. The molecule has 0 heterocycles. The van der Waals surface area contributed by atoms with Gasteiger partial charge in [-0.15, -0.1) is 0 Å². The molecule has 0 radical (unpaired) electrons. The zero-order chi connectivity index (χ0) is 48.4. The zero-order valence-electron chi connectivity index (χ0n) is 41.5. The van der Waals surface area contributed by atoms with Gasteiger partial charge < -0.3 is 42.1 Å². The number of rotatable bonds is 19. The second kappa shape index (κ2) is 26.0. The summed E-state index contributed by atoms with van der Waals surface area (Å²) in [5.41, 5.74) is 7.30. The van der Waals surface area contributed by atoms with Crippen LogP contribution in [0.3, 0.4) is 0 Å². The molecular weight excluding hydrogens is 825 g/mol. The van der Waals surface area contributed by atoms with Crippen molar-refractivity contribution in [3.8, 4) is 33.8 Å². The van der Waals surface area contributed by atoms with Crippen LogP contribution in [0.5, 0.6) is 11.5 Å². The number of phenols is 2. The molecule has 364 valence electrons. The van der Waals surface area contributed by atoms with E-state index in [1.54, 1.807) is 0 Å². The minimum absolute atomic E-state index is 0. The monoisotopic (exact) mass is 909 g/mol. The van der Waals surface area contributed by atoms with Crippen molar-refractivity contribution in [2.45, 2.75) is 140 Å². The molecule has 0 saturated carbocycles. The van der Waals surface area contributed by atoms with Crippen LogP contribution in [0.1, 0.15) is 138 Å². The molecular formula is C55H84N6O5. The third-order valence-electron chi connectivity index (χ3n) is 11.4. The van der Waals surface area contributed by atoms with E-state index in [9.17, 15) is 24.6 Å². The van der Waals surface area contributed by atoms with Crippen LogP contribution in [-0.2, 0) is 28.7 Å². The van der Waals surface area contributed by atoms with Crippen LogP contribution >= 0.6 is 0 Å². The molecule has 11 heteroatoms. The van der Waals surface area contributed by atoms with Crippen molar-refractivity contribution in [3.05, 3.63) is 107 Å². The first-order chi connectivity index (χ1) is 30.5. The molecule has 66 heavy (non-hydrogen) atoms. The lowest BCUT2D eigenvalue weighted by molar-refractivity contribution is -0.128. The Hall–Kier alpha value is -5.55. The maximum absolute atomic E-state index is 12.0. The Bertz CT molecular complexity index is 2150. The number of aromatic hydroxyl groups is 2. The van der Waals surface area contributed by atoms with E-state index in [4.69, 9.17) is 0 Å². The summed E-state index contributed by atoms with van der Waals surface area (Å²) < 4.78 is 0. The maximum atomic E-state index is 12.0. The summed E-state index contributed by atoms with van der Waals surface area (Å²) in [5, 5.41) is 39.2. The van der Waals surface area contributed by atoms with Crippen LogP contribution in [0.15, 0.2) is 84.9 Å². The summed E-state index contributed by atoms with van der Waals surface area (Å²) in [6.07, 6.45) is 3.88. The third kappa shape index (κ3) is 19.1. The quantitative estimate of drug-likeness (QED) is 0.0437. The van der Waals surface area contributed by atoms with Gasteiger partial charge in [0, 0.05) is 49.3 Å². The number of hydrogen-bond donors (Lipinski definition) is 8. The van der Waals surface area contributed by atoms with E-state index < -0.39 is 0 Å². The van der Waals surface area contributed by atoms with Crippen LogP contribution < -0.4 is 31.9 Å². The number of nitrogens with one attached hydrogen (secondary N) is 6. The van der Waals surface area contributed by atoms with Gasteiger partial charge in [-0.05, 0) is 127 Å². The smallest absolute Gasteiger partial charge is 0.315 e. The molecule has 0 atom stereocenters. The highest BCUT2D eigenvalue weighted by Gasteiger charge is 2.25. The minimum atomic E-state index is -0.383. The summed E-state index contributed by atoms with van der Waals surface area (Å²) in [6.45, 7) is 29.7. The number of carbonyl (C=O) groups is 3. The Kier molecular flexibility index (Phi) is 22.3. The van der Waals surface area contributed by atoms with Gasteiger partial charge in [0.1, 0.15) is 11.5 Å². The number of urea groups is 2. The van der Waals surface area contributed by atoms with E-state index in [2.05, 4.69) is 92.5 Å². The van der Waals surface area contributed by atoms with E-state index in [-0.39, 0.29) is 53.1 Å². The highest BCUT2D eigenvalue weighted by molar-refractivity contribution is 5.81. The Morgan fingerprint density at radius 3 is 1.33 bits per heavy atom. The first-order valence-electron chi connectivity index (χ1n) is 23.3. The van der Waals surface area contributed by atoms with Gasteiger partial charge in [0.05, 0.1) is 0 Å². The molecule has 8 N–H and O–H groups in total. The fraction of sp³-hybridized carbons (Fsp3) is 0.509. The van der Waals surface area contributed by atoms with Gasteiger partial charge in [0.2, 0.25) is 5.91 Å². The van der Waals surface area contributed by atoms with E-state index >= 15 is 0 Å². The predicted octanol–water partition coefficient (Wildman–Crippen LogP) is 11.3. The highest BCUT2D eigenvalue weighted by Crippen LogP contribution is 2.38. The number of hydrogen-bond acceptors (Lipinski definition) is 6. The van der Waals surface area contributed by atoms with E-state index in [1.807, 2.05) is 107 Å². The van der Waals surface area contributed by atoms with Crippen molar-refractivity contribution >= 4 is 18.0 Å². The summed E-state index contributed by atoms with van der Waals surface area (Å²) in [4.78, 5) is 35.3. The Labute approximate surface area is 397 Å². The molecule has 4 aromatic carbocycles. The largest absolute Gasteiger partial charge is 0.507 e. The molecule has 4 rings (SSSR count). The van der Waals surface area contributed by atoms with Crippen LogP contribution in [0, 0.1) is 10.8 Å². The first kappa shape index (κ1) is 56.6. The second-order valence-corrected chi connectivity index (χ2v) is 20.5. The van der Waals surface area contributed by atoms with Crippen molar-refractivity contribution in [1.29, 1.82) is 0 Å². The summed E-state index contributed by atoms with van der Waals surface area (Å²) >= 11 is 0. The lowest BCUT2D eigenvalue weighted by Crippen LogP contribution is -2.35. The third-order valence-corrected chi connectivity index (χ3v) is 11.4. The van der Waals surface area contributed by atoms with Crippen molar-refractivity contribution in [1.82, 2.24) is 31.9 Å². The summed E-state index contributed by atoms with van der Waals surface area (Å²) in [5.74, 6) is 0.580. The molecule has 0 bridgehead atoms. The zero-order valence-corrected chi connectivity index (χ0v) is 41.5. The summed E-state index contributed by atoms with van der Waals surface area (Å²) in [6, 6.07) is 27.2. The van der Waals surface area contributed by atoms with Gasteiger partial charge in [0.15, 0.2) is 0 Å². The fourth-order valence-corrected chi connectivity index (χ4v) is 7.31. The Balaban J connectivity index is 0.000000447. The molecule has 5 amide bonds. The number of benzene rings is 4. The predicted molar refractivity (Wildman–Crippen MR) is 275 cm³/mol. The highest BCUT2D eigenvalue weighted by atomic mass is 16.3. The van der Waals surface area contributed by atoms with Crippen molar-refractivity contribution in [2.24, 2.45) is 10.8 Å². The van der Waals surface area contributed by atoms with E-state index in [1.165, 1.54) is 0 Å². The number of amides is 5. The molecule has 0 saturated heterocycles. The van der Waals surface area contributed by atoms with E-state index in [0.29, 0.717) is 38.1 Å². The molecule has 0 fully saturated rings. The summed E-state index contributed by atoms with van der Waals surface area (Å²) in [7, 11) is 0. The molecule has 0 aliphatic rings. The SMILES string of the molecule is C.CCNC(=O)NCc1cccc(-c2ccc(C(C)(C)CCCNC(=O)C(C)(C)C)cc2O)c1.CCNC(=O)NCc1cccc(-c2ccc(C(C)(C)CCCNCC(C)(C)C)cc2O)c1. The second-order valence-electron chi connectivity index (χ2n) is 20.5. The molecule has 0 aliphatic heterocycles. The first-order valence-corrected chi connectivity index (χ1v) is 23.3. The normalized spacial score (nSPS) is 11.6. The molecule has 0 spiro atoms. The minimum Gasteiger partial charge on any atom is -0.507 e. The van der Waals surface area contributed by atoms with Crippen LogP contribution in [-0.4, -0.2) is 60.9 Å². The average molecular weight is 909 g/mol. The Morgan fingerprint density at radius 2 is 0.955 bits per heavy atom. The van der Waals surface area contributed by atoms with Crippen molar-refractivity contribution in [2.75, 3.05) is 32.7 Å². The topological polar surface area (TPSA) is 164 Å². The maximum Gasteiger partial charge on any atom is 0.315 e. The fourth-order valence-electron chi connectivity index (χ4n) is 7.31. The van der Waals surface area contributed by atoms with Gasteiger partial charge in [-0.3, -0.25) is 4.79 Å².